The van der Waals surface area contributed by atoms with Crippen LogP contribution in [0.5, 0.6) is 5.75 Å². The number of benzene rings is 2. The van der Waals surface area contributed by atoms with Gasteiger partial charge in [0.2, 0.25) is 0 Å². The molecular formula is C21H22ClN3O3S. The summed E-state index contributed by atoms with van der Waals surface area (Å²) in [6.07, 6.45) is 0. The minimum Gasteiger partial charge on any atom is -0.482 e. The van der Waals surface area contributed by atoms with Crippen molar-refractivity contribution in [1.82, 2.24) is 9.88 Å². The van der Waals surface area contributed by atoms with Gasteiger partial charge in [0.1, 0.15) is 5.75 Å². The Labute approximate surface area is 178 Å². The van der Waals surface area contributed by atoms with Crippen LogP contribution in [0.4, 0.5) is 5.13 Å². The topological polar surface area (TPSA) is 65.9 Å². The fourth-order valence-corrected chi connectivity index (χ4v) is 4.78. The van der Waals surface area contributed by atoms with Crippen LogP contribution in [0.2, 0.25) is 5.02 Å². The SMILES string of the molecule is Cc1cc(CN2CCN(c3nc4ccc(Cl)cc4s3)CC2)ccc1OCC(=O)O. The van der Waals surface area contributed by atoms with Crippen molar-refractivity contribution in [3.8, 4) is 5.75 Å². The van der Waals surface area contributed by atoms with Crippen LogP contribution in [0.15, 0.2) is 36.4 Å². The molecule has 1 aliphatic rings. The third kappa shape index (κ3) is 4.80. The van der Waals surface area contributed by atoms with Crippen LogP contribution in [0.25, 0.3) is 10.2 Å². The maximum atomic E-state index is 10.7. The second-order valence-corrected chi connectivity index (χ2v) is 8.60. The molecule has 2 heterocycles. The quantitative estimate of drug-likeness (QED) is 0.635. The molecule has 0 saturated carbocycles. The molecule has 0 atom stereocenters. The number of aliphatic carboxylic acids is 1. The Balaban J connectivity index is 1.34. The first-order valence-electron chi connectivity index (χ1n) is 9.45. The molecule has 0 amide bonds. The molecule has 8 heteroatoms. The smallest absolute Gasteiger partial charge is 0.341 e. The van der Waals surface area contributed by atoms with Gasteiger partial charge < -0.3 is 14.7 Å². The van der Waals surface area contributed by atoms with Crippen molar-refractivity contribution < 1.29 is 14.6 Å². The fraction of sp³-hybridized carbons (Fsp3) is 0.333. The van der Waals surface area contributed by atoms with Gasteiger partial charge in [-0.05, 0) is 42.3 Å². The number of piperazine rings is 1. The zero-order chi connectivity index (χ0) is 20.4. The molecular weight excluding hydrogens is 410 g/mol. The van der Waals surface area contributed by atoms with Gasteiger partial charge in [0.25, 0.3) is 0 Å². The maximum Gasteiger partial charge on any atom is 0.341 e. The first-order valence-corrected chi connectivity index (χ1v) is 10.6. The molecule has 0 bridgehead atoms. The Kier molecular flexibility index (Phi) is 5.89. The summed E-state index contributed by atoms with van der Waals surface area (Å²) in [5, 5.41) is 10.5. The molecule has 0 unspecified atom stereocenters. The van der Waals surface area contributed by atoms with Crippen LogP contribution in [0.1, 0.15) is 11.1 Å². The van der Waals surface area contributed by atoms with E-state index in [1.165, 1.54) is 5.56 Å². The molecule has 1 aliphatic heterocycles. The summed E-state index contributed by atoms with van der Waals surface area (Å²) in [7, 11) is 0. The summed E-state index contributed by atoms with van der Waals surface area (Å²) in [6, 6.07) is 11.8. The highest BCUT2D eigenvalue weighted by molar-refractivity contribution is 7.22. The van der Waals surface area contributed by atoms with Crippen molar-refractivity contribution >= 4 is 44.3 Å². The number of carbonyl (C=O) groups is 1. The number of fused-ring (bicyclic) bond motifs is 1. The molecule has 0 spiro atoms. The number of rotatable bonds is 6. The van der Waals surface area contributed by atoms with E-state index in [1.807, 2.05) is 37.3 Å². The average Bonchev–Trinajstić information content (AvgIpc) is 3.11. The van der Waals surface area contributed by atoms with E-state index in [0.29, 0.717) is 5.75 Å². The van der Waals surface area contributed by atoms with Crippen LogP contribution in [-0.4, -0.2) is 53.7 Å². The first kappa shape index (κ1) is 19.9. The van der Waals surface area contributed by atoms with E-state index in [-0.39, 0.29) is 6.61 Å². The van der Waals surface area contributed by atoms with E-state index < -0.39 is 5.97 Å². The number of anilines is 1. The molecule has 0 aliphatic carbocycles. The highest BCUT2D eigenvalue weighted by Gasteiger charge is 2.20. The summed E-state index contributed by atoms with van der Waals surface area (Å²) in [5.41, 5.74) is 3.15. The normalized spacial score (nSPS) is 15.0. The molecule has 1 saturated heterocycles. The van der Waals surface area contributed by atoms with Gasteiger partial charge in [-0.3, -0.25) is 4.90 Å². The Bertz CT molecular complexity index is 1030. The second kappa shape index (κ2) is 8.57. The number of carboxylic acids is 1. The van der Waals surface area contributed by atoms with Gasteiger partial charge in [-0.1, -0.05) is 35.1 Å². The van der Waals surface area contributed by atoms with E-state index in [2.05, 4.69) is 15.9 Å². The second-order valence-electron chi connectivity index (χ2n) is 7.15. The maximum absolute atomic E-state index is 10.7. The monoisotopic (exact) mass is 431 g/mol. The number of nitrogens with zero attached hydrogens (tertiary/aromatic N) is 3. The summed E-state index contributed by atoms with van der Waals surface area (Å²) < 4.78 is 6.43. The molecule has 2 aromatic carbocycles. The van der Waals surface area contributed by atoms with Gasteiger partial charge in [0, 0.05) is 37.7 Å². The number of hydrogen-bond donors (Lipinski definition) is 1. The summed E-state index contributed by atoms with van der Waals surface area (Å²) >= 11 is 7.78. The lowest BCUT2D eigenvalue weighted by atomic mass is 10.1. The molecule has 6 nitrogen and oxygen atoms in total. The number of ether oxygens (including phenoxy) is 1. The van der Waals surface area contributed by atoms with E-state index in [4.69, 9.17) is 26.4 Å². The number of thiazole rings is 1. The molecule has 1 fully saturated rings. The minimum atomic E-state index is -0.970. The number of aromatic nitrogens is 1. The molecule has 3 aromatic rings. The number of hydrogen-bond acceptors (Lipinski definition) is 6. The van der Waals surface area contributed by atoms with E-state index in [1.54, 1.807) is 11.3 Å². The Morgan fingerprint density at radius 3 is 2.72 bits per heavy atom. The van der Waals surface area contributed by atoms with E-state index in [9.17, 15) is 4.79 Å². The Morgan fingerprint density at radius 2 is 2.00 bits per heavy atom. The molecule has 0 radical (unpaired) electrons. The van der Waals surface area contributed by atoms with Crippen molar-refractivity contribution in [1.29, 1.82) is 0 Å². The van der Waals surface area contributed by atoms with E-state index in [0.717, 1.165) is 58.7 Å². The first-order chi connectivity index (χ1) is 14.0. The van der Waals surface area contributed by atoms with Gasteiger partial charge in [-0.25, -0.2) is 9.78 Å². The average molecular weight is 432 g/mol. The molecule has 4 rings (SSSR count). The Hall–Kier alpha value is -2.35. The van der Waals surface area contributed by atoms with Crippen LogP contribution >= 0.6 is 22.9 Å². The van der Waals surface area contributed by atoms with E-state index >= 15 is 0 Å². The Morgan fingerprint density at radius 1 is 1.21 bits per heavy atom. The molecule has 152 valence electrons. The third-order valence-electron chi connectivity index (χ3n) is 4.98. The number of halogens is 1. The van der Waals surface area contributed by atoms with Gasteiger partial charge in [0.15, 0.2) is 11.7 Å². The minimum absolute atomic E-state index is 0.319. The number of aryl methyl sites for hydroxylation is 1. The largest absolute Gasteiger partial charge is 0.482 e. The zero-order valence-electron chi connectivity index (χ0n) is 16.1. The highest BCUT2D eigenvalue weighted by atomic mass is 35.5. The van der Waals surface area contributed by atoms with Crippen LogP contribution in [0, 0.1) is 6.92 Å². The van der Waals surface area contributed by atoms with Crippen molar-refractivity contribution in [3.05, 3.63) is 52.5 Å². The summed E-state index contributed by atoms with van der Waals surface area (Å²) in [5.74, 6) is -0.348. The van der Waals surface area contributed by atoms with Crippen molar-refractivity contribution in [2.45, 2.75) is 13.5 Å². The summed E-state index contributed by atoms with van der Waals surface area (Å²) in [6.45, 7) is 6.29. The predicted octanol–water partition coefficient (Wildman–Crippen LogP) is 4.04. The standard InChI is InChI=1S/C21H22ClN3O3S/c1-14-10-15(2-5-18(14)28-13-20(26)27)12-24-6-8-25(9-7-24)21-23-17-4-3-16(22)11-19(17)29-21/h2-5,10-11H,6-9,12-13H2,1H3,(H,26,27). The lowest BCUT2D eigenvalue weighted by Gasteiger charge is -2.34. The van der Waals surface area contributed by atoms with Crippen LogP contribution in [-0.2, 0) is 11.3 Å². The van der Waals surface area contributed by atoms with Gasteiger partial charge in [0.05, 0.1) is 10.2 Å². The predicted molar refractivity (Wildman–Crippen MR) is 116 cm³/mol. The van der Waals surface area contributed by atoms with Crippen LogP contribution in [0.3, 0.4) is 0 Å². The fourth-order valence-electron chi connectivity index (χ4n) is 3.49. The van der Waals surface area contributed by atoms with Crippen molar-refractivity contribution in [3.63, 3.8) is 0 Å². The lowest BCUT2D eigenvalue weighted by Crippen LogP contribution is -2.45. The summed E-state index contributed by atoms with van der Waals surface area (Å²) in [4.78, 5) is 20.2. The number of carboxylic acid groups (broad SMARTS) is 1. The van der Waals surface area contributed by atoms with Crippen molar-refractivity contribution in [2.24, 2.45) is 0 Å². The molecule has 1 aromatic heterocycles. The van der Waals surface area contributed by atoms with Gasteiger partial charge >= 0.3 is 5.97 Å². The molecule has 1 N–H and O–H groups in total. The van der Waals surface area contributed by atoms with Crippen LogP contribution < -0.4 is 9.64 Å². The zero-order valence-corrected chi connectivity index (χ0v) is 17.7. The lowest BCUT2D eigenvalue weighted by molar-refractivity contribution is -0.139. The highest BCUT2D eigenvalue weighted by Crippen LogP contribution is 2.31. The van der Waals surface area contributed by atoms with Gasteiger partial charge in [-0.2, -0.15) is 0 Å². The van der Waals surface area contributed by atoms with Gasteiger partial charge in [-0.15, -0.1) is 0 Å². The van der Waals surface area contributed by atoms with Crippen molar-refractivity contribution in [2.75, 3.05) is 37.7 Å². The molecule has 29 heavy (non-hydrogen) atoms. The third-order valence-corrected chi connectivity index (χ3v) is 6.29.